The van der Waals surface area contributed by atoms with Gasteiger partial charge in [0.05, 0.1) is 6.26 Å². The zero-order chi connectivity index (χ0) is 20.5. The van der Waals surface area contributed by atoms with Crippen LogP contribution in [0.1, 0.15) is 49.1 Å². The van der Waals surface area contributed by atoms with Crippen LogP contribution in [0.4, 0.5) is 0 Å². The molecule has 0 aromatic carbocycles. The lowest BCUT2D eigenvalue weighted by Gasteiger charge is -2.36. The molecule has 1 aliphatic heterocycles. The van der Waals surface area contributed by atoms with Crippen LogP contribution < -0.4 is 10.6 Å². The summed E-state index contributed by atoms with van der Waals surface area (Å²) < 4.78 is 5.20. The molecule has 2 aliphatic rings. The second-order valence-corrected chi connectivity index (χ2v) is 7.79. The normalized spacial score (nSPS) is 18.6. The van der Waals surface area contributed by atoms with Crippen LogP contribution in [-0.4, -0.2) is 73.9 Å². The van der Waals surface area contributed by atoms with E-state index in [4.69, 9.17) is 4.42 Å². The smallest absolute Gasteiger partial charge is 0.289 e. The van der Waals surface area contributed by atoms with Crippen LogP contribution in [0.15, 0.2) is 27.8 Å². The fourth-order valence-corrected chi connectivity index (χ4v) is 4.11. The number of hydrogen-bond acceptors (Lipinski definition) is 4. The van der Waals surface area contributed by atoms with Crippen LogP contribution in [0.5, 0.6) is 0 Å². The third kappa shape index (κ3) is 6.24. The Morgan fingerprint density at radius 1 is 1.07 bits per heavy atom. The number of amides is 2. The highest BCUT2D eigenvalue weighted by atomic mass is 16.3. The Kier molecular flexibility index (Phi) is 7.95. The molecule has 0 radical (unpaired) electrons. The van der Waals surface area contributed by atoms with Gasteiger partial charge in [-0.15, -0.1) is 0 Å². The molecule has 8 heteroatoms. The average Bonchev–Trinajstić information content (AvgIpc) is 3.29. The zero-order valence-corrected chi connectivity index (χ0v) is 17.4. The third-order valence-corrected chi connectivity index (χ3v) is 5.74. The van der Waals surface area contributed by atoms with E-state index in [9.17, 15) is 9.59 Å². The van der Waals surface area contributed by atoms with Crippen LogP contribution in [0.2, 0.25) is 0 Å². The fraction of sp³-hybridized carbons (Fsp3) is 0.667. The Labute approximate surface area is 172 Å². The predicted octanol–water partition coefficient (Wildman–Crippen LogP) is 1.70. The Morgan fingerprint density at radius 2 is 1.76 bits per heavy atom. The Hall–Kier alpha value is -2.51. The van der Waals surface area contributed by atoms with Crippen LogP contribution >= 0.6 is 0 Å². The molecule has 8 nitrogen and oxygen atoms in total. The summed E-state index contributed by atoms with van der Waals surface area (Å²) in [6.07, 6.45) is 8.38. The third-order valence-electron chi connectivity index (χ3n) is 5.74. The minimum absolute atomic E-state index is 0.0710. The molecule has 0 spiro atoms. The monoisotopic (exact) mass is 403 g/mol. The predicted molar refractivity (Wildman–Crippen MR) is 112 cm³/mol. The van der Waals surface area contributed by atoms with Crippen LogP contribution in [0.25, 0.3) is 0 Å². The number of nitrogens with one attached hydrogen (secondary N) is 2. The lowest BCUT2D eigenvalue weighted by molar-refractivity contribution is -0.122. The molecule has 1 saturated carbocycles. The lowest BCUT2D eigenvalue weighted by atomic mass is 9.87. The van der Waals surface area contributed by atoms with Crippen molar-refractivity contribution in [2.24, 2.45) is 10.9 Å². The summed E-state index contributed by atoms with van der Waals surface area (Å²) in [7, 11) is 1.75. The van der Waals surface area contributed by atoms with Crippen molar-refractivity contribution in [3.63, 3.8) is 0 Å². The van der Waals surface area contributed by atoms with E-state index in [0.717, 1.165) is 5.96 Å². The molecule has 1 aliphatic carbocycles. The van der Waals surface area contributed by atoms with E-state index in [0.29, 0.717) is 57.4 Å². The summed E-state index contributed by atoms with van der Waals surface area (Å²) in [5.41, 5.74) is 0. The number of aliphatic imine (C=N–C) groups is 1. The van der Waals surface area contributed by atoms with E-state index < -0.39 is 0 Å². The van der Waals surface area contributed by atoms with Crippen molar-refractivity contribution < 1.29 is 14.0 Å². The number of guanidine groups is 1. The summed E-state index contributed by atoms with van der Waals surface area (Å²) in [5.74, 6) is 1.82. The van der Waals surface area contributed by atoms with Gasteiger partial charge in [0.1, 0.15) is 0 Å². The minimum atomic E-state index is -0.0710. The summed E-state index contributed by atoms with van der Waals surface area (Å²) in [4.78, 5) is 32.7. The van der Waals surface area contributed by atoms with Crippen molar-refractivity contribution in [3.8, 4) is 0 Å². The van der Waals surface area contributed by atoms with Crippen molar-refractivity contribution >= 4 is 17.8 Å². The molecule has 160 valence electrons. The lowest BCUT2D eigenvalue weighted by Crippen LogP contribution is -2.54. The standard InChI is InChI=1S/C21H33N5O3/c1-22-21(24-10-9-23-19(27)16-17-6-3-2-4-7-17)26-13-11-25(12-14-26)20(28)18-8-5-15-29-18/h5,8,15,17H,2-4,6-7,9-14,16H2,1H3,(H,22,24)(H,23,27). The van der Waals surface area contributed by atoms with Gasteiger partial charge in [0.25, 0.3) is 5.91 Å². The molecule has 29 heavy (non-hydrogen) atoms. The van der Waals surface area contributed by atoms with Gasteiger partial charge in [0, 0.05) is 52.7 Å². The average molecular weight is 404 g/mol. The molecule has 1 saturated heterocycles. The molecular formula is C21H33N5O3. The van der Waals surface area contributed by atoms with Gasteiger partial charge in [-0.05, 0) is 30.9 Å². The highest BCUT2D eigenvalue weighted by molar-refractivity contribution is 5.91. The quantitative estimate of drug-likeness (QED) is 0.429. The minimum Gasteiger partial charge on any atom is -0.459 e. The summed E-state index contributed by atoms with van der Waals surface area (Å²) >= 11 is 0. The van der Waals surface area contributed by atoms with Gasteiger partial charge in [-0.25, -0.2) is 0 Å². The number of carbonyl (C=O) groups is 2. The molecular weight excluding hydrogens is 370 g/mol. The molecule has 2 heterocycles. The van der Waals surface area contributed by atoms with Gasteiger partial charge in [0.2, 0.25) is 5.91 Å². The summed E-state index contributed by atoms with van der Waals surface area (Å²) in [6, 6.07) is 3.42. The first-order chi connectivity index (χ1) is 14.2. The van der Waals surface area contributed by atoms with E-state index in [1.165, 1.54) is 38.4 Å². The highest BCUT2D eigenvalue weighted by Gasteiger charge is 2.25. The molecule has 0 atom stereocenters. The van der Waals surface area contributed by atoms with Gasteiger partial charge < -0.3 is 24.9 Å². The fourth-order valence-electron chi connectivity index (χ4n) is 4.11. The molecule has 1 aromatic rings. The van der Waals surface area contributed by atoms with Crippen molar-refractivity contribution in [3.05, 3.63) is 24.2 Å². The van der Waals surface area contributed by atoms with E-state index in [1.54, 1.807) is 24.1 Å². The topological polar surface area (TPSA) is 90.2 Å². The van der Waals surface area contributed by atoms with Gasteiger partial charge >= 0.3 is 0 Å². The maximum Gasteiger partial charge on any atom is 0.289 e. The van der Waals surface area contributed by atoms with E-state index >= 15 is 0 Å². The van der Waals surface area contributed by atoms with Crippen molar-refractivity contribution in [1.29, 1.82) is 0 Å². The zero-order valence-electron chi connectivity index (χ0n) is 17.4. The number of hydrogen-bond donors (Lipinski definition) is 2. The van der Waals surface area contributed by atoms with Gasteiger partial charge in [0.15, 0.2) is 11.7 Å². The van der Waals surface area contributed by atoms with Crippen molar-refractivity contribution in [1.82, 2.24) is 20.4 Å². The number of piperazine rings is 1. The van der Waals surface area contributed by atoms with E-state index in [-0.39, 0.29) is 11.8 Å². The van der Waals surface area contributed by atoms with Crippen LogP contribution in [0.3, 0.4) is 0 Å². The molecule has 0 bridgehead atoms. The van der Waals surface area contributed by atoms with Crippen LogP contribution in [0, 0.1) is 5.92 Å². The number of nitrogens with zero attached hydrogens (tertiary/aromatic N) is 3. The maximum atomic E-state index is 12.4. The second-order valence-electron chi connectivity index (χ2n) is 7.79. The molecule has 3 rings (SSSR count). The van der Waals surface area contributed by atoms with Crippen molar-refractivity contribution in [2.75, 3.05) is 46.3 Å². The first-order valence-electron chi connectivity index (χ1n) is 10.7. The van der Waals surface area contributed by atoms with Crippen LogP contribution in [-0.2, 0) is 4.79 Å². The second kappa shape index (κ2) is 10.9. The maximum absolute atomic E-state index is 12.4. The molecule has 2 amide bonds. The first-order valence-corrected chi connectivity index (χ1v) is 10.7. The van der Waals surface area contributed by atoms with E-state index in [2.05, 4.69) is 20.5 Å². The molecule has 0 unspecified atom stereocenters. The number of carbonyl (C=O) groups excluding carboxylic acids is 2. The Bertz CT molecular complexity index is 674. The van der Waals surface area contributed by atoms with Gasteiger partial charge in [-0.1, -0.05) is 19.3 Å². The SMILES string of the molecule is CN=C(NCCNC(=O)CC1CCCCC1)N1CCN(C(=O)c2ccco2)CC1. The largest absolute Gasteiger partial charge is 0.459 e. The van der Waals surface area contributed by atoms with Gasteiger partial charge in [-0.3, -0.25) is 14.6 Å². The van der Waals surface area contributed by atoms with Crippen molar-refractivity contribution in [2.45, 2.75) is 38.5 Å². The van der Waals surface area contributed by atoms with Gasteiger partial charge in [-0.2, -0.15) is 0 Å². The highest BCUT2D eigenvalue weighted by Crippen LogP contribution is 2.25. The Morgan fingerprint density at radius 3 is 2.41 bits per heavy atom. The Balaban J connectivity index is 1.33. The summed E-state index contributed by atoms with van der Waals surface area (Å²) in [6.45, 7) is 3.88. The molecule has 2 N–H and O–H groups in total. The molecule has 2 fully saturated rings. The number of furan rings is 1. The first kappa shape index (κ1) is 21.2. The number of rotatable bonds is 6. The molecule has 1 aromatic heterocycles. The summed E-state index contributed by atoms with van der Waals surface area (Å²) in [5, 5.41) is 6.32. The van der Waals surface area contributed by atoms with E-state index in [1.807, 2.05) is 0 Å².